The second kappa shape index (κ2) is 8.60. The van der Waals surface area contributed by atoms with E-state index in [2.05, 4.69) is 10.4 Å². The first-order valence-corrected chi connectivity index (χ1v) is 8.88. The molecule has 2 aromatic carbocycles. The number of hydrogen-bond donors (Lipinski definition) is 1. The maximum absolute atomic E-state index is 12.4. The first-order valence-electron chi connectivity index (χ1n) is 8.51. The topological polar surface area (TPSA) is 65.4 Å². The Morgan fingerprint density at radius 3 is 2.74 bits per heavy atom. The summed E-state index contributed by atoms with van der Waals surface area (Å²) >= 11 is 6.17. The molecule has 27 heavy (non-hydrogen) atoms. The SMILES string of the molecule is CCOc1ccc(CNC(=O)c2ccn(-c3ccccc3Cl)n2)cc1OC. The van der Waals surface area contributed by atoms with Crippen LogP contribution in [0.5, 0.6) is 11.5 Å². The highest BCUT2D eigenvalue weighted by atomic mass is 35.5. The Morgan fingerprint density at radius 2 is 2.00 bits per heavy atom. The molecule has 1 heterocycles. The first kappa shape index (κ1) is 18.8. The van der Waals surface area contributed by atoms with Crippen LogP contribution in [0.25, 0.3) is 5.69 Å². The summed E-state index contributed by atoms with van der Waals surface area (Å²) in [5.41, 5.74) is 1.93. The van der Waals surface area contributed by atoms with E-state index in [1.807, 2.05) is 43.3 Å². The van der Waals surface area contributed by atoms with Crippen molar-refractivity contribution in [2.45, 2.75) is 13.5 Å². The van der Waals surface area contributed by atoms with Crippen LogP contribution in [0.2, 0.25) is 5.02 Å². The fraction of sp³-hybridized carbons (Fsp3) is 0.200. The van der Waals surface area contributed by atoms with E-state index in [1.165, 1.54) is 0 Å². The number of halogens is 1. The van der Waals surface area contributed by atoms with Crippen molar-refractivity contribution in [2.75, 3.05) is 13.7 Å². The van der Waals surface area contributed by atoms with E-state index in [1.54, 1.807) is 30.1 Å². The van der Waals surface area contributed by atoms with Gasteiger partial charge in [0.25, 0.3) is 5.91 Å². The molecule has 3 rings (SSSR count). The molecule has 1 N–H and O–H groups in total. The summed E-state index contributed by atoms with van der Waals surface area (Å²) < 4.78 is 12.4. The molecule has 0 atom stereocenters. The van der Waals surface area contributed by atoms with Crippen LogP contribution in [0, 0.1) is 0 Å². The van der Waals surface area contributed by atoms with Gasteiger partial charge in [0.1, 0.15) is 0 Å². The van der Waals surface area contributed by atoms with E-state index >= 15 is 0 Å². The van der Waals surface area contributed by atoms with Gasteiger partial charge in [0.15, 0.2) is 17.2 Å². The third-order valence-electron chi connectivity index (χ3n) is 3.90. The van der Waals surface area contributed by atoms with E-state index in [4.69, 9.17) is 21.1 Å². The Balaban J connectivity index is 1.67. The minimum atomic E-state index is -0.270. The molecule has 1 amide bonds. The highest BCUT2D eigenvalue weighted by molar-refractivity contribution is 6.32. The fourth-order valence-corrected chi connectivity index (χ4v) is 2.81. The van der Waals surface area contributed by atoms with Gasteiger partial charge in [-0.2, -0.15) is 5.10 Å². The number of nitrogens with one attached hydrogen (secondary N) is 1. The highest BCUT2D eigenvalue weighted by Crippen LogP contribution is 2.28. The smallest absolute Gasteiger partial charge is 0.272 e. The number of hydrogen-bond acceptors (Lipinski definition) is 4. The third kappa shape index (κ3) is 4.41. The number of carbonyl (C=O) groups is 1. The lowest BCUT2D eigenvalue weighted by Gasteiger charge is -2.11. The van der Waals surface area contributed by atoms with Gasteiger partial charge in [-0.25, -0.2) is 4.68 Å². The van der Waals surface area contributed by atoms with Crippen molar-refractivity contribution in [1.29, 1.82) is 0 Å². The van der Waals surface area contributed by atoms with Gasteiger partial charge in [0.2, 0.25) is 0 Å². The Hall–Kier alpha value is -2.99. The van der Waals surface area contributed by atoms with Crippen molar-refractivity contribution in [1.82, 2.24) is 15.1 Å². The standard InChI is InChI=1S/C20H20ClN3O3/c1-3-27-18-9-8-14(12-19(18)26-2)13-22-20(25)16-10-11-24(23-16)17-7-5-4-6-15(17)21/h4-12H,3,13H2,1-2H3,(H,22,25). The van der Waals surface area contributed by atoms with Gasteiger partial charge in [0, 0.05) is 12.7 Å². The monoisotopic (exact) mass is 385 g/mol. The van der Waals surface area contributed by atoms with Crippen LogP contribution in [0.4, 0.5) is 0 Å². The molecule has 0 aliphatic heterocycles. The lowest BCUT2D eigenvalue weighted by Crippen LogP contribution is -2.23. The average molecular weight is 386 g/mol. The molecule has 1 aromatic heterocycles. The Labute approximate surface area is 162 Å². The molecular formula is C20H20ClN3O3. The minimum absolute atomic E-state index is 0.270. The second-order valence-corrected chi connectivity index (χ2v) is 6.11. The summed E-state index contributed by atoms with van der Waals surface area (Å²) in [5, 5.41) is 7.72. The van der Waals surface area contributed by atoms with Crippen molar-refractivity contribution in [3.8, 4) is 17.2 Å². The maximum Gasteiger partial charge on any atom is 0.272 e. The zero-order valence-corrected chi connectivity index (χ0v) is 15.9. The van der Waals surface area contributed by atoms with E-state index in [0.29, 0.717) is 35.4 Å². The first-order chi connectivity index (χ1) is 13.1. The molecule has 0 saturated carbocycles. The number of para-hydroxylation sites is 1. The molecule has 0 bridgehead atoms. The number of aromatic nitrogens is 2. The Bertz CT molecular complexity index is 940. The molecule has 7 heteroatoms. The molecule has 0 unspecified atom stereocenters. The minimum Gasteiger partial charge on any atom is -0.493 e. The summed E-state index contributed by atoms with van der Waals surface area (Å²) in [5.74, 6) is 1.04. The predicted octanol–water partition coefficient (Wildman–Crippen LogP) is 3.86. The summed E-state index contributed by atoms with van der Waals surface area (Å²) in [6.07, 6.45) is 1.70. The number of carbonyl (C=O) groups excluding carboxylic acids is 1. The van der Waals surface area contributed by atoms with Crippen molar-refractivity contribution in [3.05, 3.63) is 71.0 Å². The number of amides is 1. The zero-order chi connectivity index (χ0) is 19.2. The molecule has 3 aromatic rings. The van der Waals surface area contributed by atoms with Gasteiger partial charge in [-0.05, 0) is 42.8 Å². The molecular weight excluding hydrogens is 366 g/mol. The fourth-order valence-electron chi connectivity index (χ4n) is 2.59. The highest BCUT2D eigenvalue weighted by Gasteiger charge is 2.12. The molecule has 0 fully saturated rings. The van der Waals surface area contributed by atoms with Crippen LogP contribution in [-0.4, -0.2) is 29.4 Å². The van der Waals surface area contributed by atoms with Crippen LogP contribution in [0.15, 0.2) is 54.7 Å². The second-order valence-electron chi connectivity index (χ2n) is 5.70. The van der Waals surface area contributed by atoms with E-state index in [-0.39, 0.29) is 5.91 Å². The van der Waals surface area contributed by atoms with Crippen molar-refractivity contribution in [3.63, 3.8) is 0 Å². The van der Waals surface area contributed by atoms with E-state index < -0.39 is 0 Å². The lowest BCUT2D eigenvalue weighted by atomic mass is 10.2. The number of benzene rings is 2. The van der Waals surface area contributed by atoms with Crippen LogP contribution >= 0.6 is 11.6 Å². The van der Waals surface area contributed by atoms with E-state index in [9.17, 15) is 4.79 Å². The normalized spacial score (nSPS) is 10.5. The quantitative estimate of drug-likeness (QED) is 0.670. The van der Waals surface area contributed by atoms with Crippen molar-refractivity contribution >= 4 is 17.5 Å². The number of ether oxygens (including phenoxy) is 2. The third-order valence-corrected chi connectivity index (χ3v) is 4.22. The van der Waals surface area contributed by atoms with Gasteiger partial charge in [-0.3, -0.25) is 4.79 Å². The largest absolute Gasteiger partial charge is 0.493 e. The average Bonchev–Trinajstić information content (AvgIpc) is 3.17. The molecule has 0 spiro atoms. The maximum atomic E-state index is 12.4. The van der Waals surface area contributed by atoms with Crippen molar-refractivity contribution < 1.29 is 14.3 Å². The Kier molecular flexibility index (Phi) is 5.98. The zero-order valence-electron chi connectivity index (χ0n) is 15.1. The summed E-state index contributed by atoms with van der Waals surface area (Å²) in [6.45, 7) is 2.82. The number of nitrogens with zero attached hydrogens (tertiary/aromatic N) is 2. The predicted molar refractivity (Wildman–Crippen MR) is 104 cm³/mol. The number of rotatable bonds is 7. The molecule has 140 valence electrons. The summed E-state index contributed by atoms with van der Waals surface area (Å²) in [6, 6.07) is 14.5. The number of methoxy groups -OCH3 is 1. The molecule has 0 saturated heterocycles. The van der Waals surface area contributed by atoms with Crippen molar-refractivity contribution in [2.24, 2.45) is 0 Å². The van der Waals surface area contributed by atoms with Gasteiger partial charge >= 0.3 is 0 Å². The van der Waals surface area contributed by atoms with E-state index in [0.717, 1.165) is 11.3 Å². The molecule has 0 aliphatic carbocycles. The molecule has 0 aliphatic rings. The Morgan fingerprint density at radius 1 is 1.19 bits per heavy atom. The summed E-state index contributed by atoms with van der Waals surface area (Å²) in [7, 11) is 1.58. The molecule has 6 nitrogen and oxygen atoms in total. The molecule has 0 radical (unpaired) electrons. The van der Waals surface area contributed by atoms with Crippen LogP contribution in [0.1, 0.15) is 23.0 Å². The lowest BCUT2D eigenvalue weighted by molar-refractivity contribution is 0.0945. The van der Waals surface area contributed by atoms with Crippen LogP contribution in [-0.2, 0) is 6.54 Å². The van der Waals surface area contributed by atoms with Gasteiger partial charge in [-0.15, -0.1) is 0 Å². The van der Waals surface area contributed by atoms with Crippen LogP contribution in [0.3, 0.4) is 0 Å². The summed E-state index contributed by atoms with van der Waals surface area (Å²) in [4.78, 5) is 12.4. The van der Waals surface area contributed by atoms with Gasteiger partial charge < -0.3 is 14.8 Å². The van der Waals surface area contributed by atoms with Gasteiger partial charge in [0.05, 0.1) is 24.4 Å². The van der Waals surface area contributed by atoms with Crippen LogP contribution < -0.4 is 14.8 Å². The van der Waals surface area contributed by atoms with Gasteiger partial charge in [-0.1, -0.05) is 29.8 Å².